The van der Waals surface area contributed by atoms with Gasteiger partial charge in [-0.1, -0.05) is 0 Å². The van der Waals surface area contributed by atoms with Gasteiger partial charge in [-0.15, -0.1) is 0 Å². The quantitative estimate of drug-likeness (QED) is 0.759. The fourth-order valence-electron chi connectivity index (χ4n) is 2.17. The maximum absolute atomic E-state index is 9.03. The highest BCUT2D eigenvalue weighted by atomic mass is 16.5. The molecule has 92 valence electrons. The molecule has 3 aromatic rings. The Bertz CT molecular complexity index is 783. The monoisotopic (exact) mass is 249 g/mol. The smallest absolute Gasteiger partial charge is 0.137 e. The summed E-state index contributed by atoms with van der Waals surface area (Å²) in [6.45, 7) is 0. The fourth-order valence-corrected chi connectivity index (χ4v) is 2.17. The molecule has 1 N–H and O–H groups in total. The molecular weight excluding hydrogens is 238 g/mol. The topological polar surface area (TPSA) is 61.7 Å². The Morgan fingerprint density at radius 2 is 2.16 bits per heavy atom. The van der Waals surface area contributed by atoms with Crippen LogP contribution in [0.1, 0.15) is 5.56 Å². The van der Waals surface area contributed by atoms with Crippen LogP contribution in [0.15, 0.2) is 42.7 Å². The van der Waals surface area contributed by atoms with Crippen LogP contribution in [-0.2, 0) is 0 Å². The molecule has 0 amide bonds. The zero-order valence-electron chi connectivity index (χ0n) is 10.3. The van der Waals surface area contributed by atoms with Crippen molar-refractivity contribution in [3.63, 3.8) is 0 Å². The second kappa shape index (κ2) is 4.46. The third-order valence-corrected chi connectivity index (χ3v) is 3.07. The Morgan fingerprint density at radius 1 is 1.26 bits per heavy atom. The number of benzene rings is 1. The maximum atomic E-state index is 9.03. The molecule has 0 unspecified atom stereocenters. The first kappa shape index (κ1) is 11.3. The van der Waals surface area contributed by atoms with Crippen LogP contribution in [0.3, 0.4) is 0 Å². The average molecular weight is 249 g/mol. The summed E-state index contributed by atoms with van der Waals surface area (Å²) in [6, 6.07) is 11.4. The zero-order chi connectivity index (χ0) is 13.2. The third kappa shape index (κ3) is 1.81. The van der Waals surface area contributed by atoms with Gasteiger partial charge >= 0.3 is 0 Å². The van der Waals surface area contributed by atoms with Gasteiger partial charge in [-0.05, 0) is 30.3 Å². The minimum Gasteiger partial charge on any atom is -0.496 e. The number of fused-ring (bicyclic) bond motifs is 1. The van der Waals surface area contributed by atoms with Crippen LogP contribution in [0.2, 0.25) is 0 Å². The van der Waals surface area contributed by atoms with Gasteiger partial charge in [0.25, 0.3) is 0 Å². The number of aromatic amines is 1. The summed E-state index contributed by atoms with van der Waals surface area (Å²) in [5.41, 5.74) is 3.30. The van der Waals surface area contributed by atoms with Crippen LogP contribution < -0.4 is 4.74 Å². The molecule has 0 spiro atoms. The predicted octanol–water partition coefficient (Wildman–Crippen LogP) is 3.11. The predicted molar refractivity (Wildman–Crippen MR) is 72.8 cm³/mol. The normalized spacial score (nSPS) is 10.3. The molecule has 0 atom stereocenters. The van der Waals surface area contributed by atoms with E-state index in [9.17, 15) is 0 Å². The number of pyridine rings is 1. The van der Waals surface area contributed by atoms with Crippen LogP contribution in [0.4, 0.5) is 0 Å². The summed E-state index contributed by atoms with van der Waals surface area (Å²) in [5.74, 6) is 0.740. The van der Waals surface area contributed by atoms with E-state index in [4.69, 9.17) is 10.00 Å². The maximum Gasteiger partial charge on any atom is 0.137 e. The standard InChI is InChI=1S/C15H11N3O/c1-19-14-5-4-10(8-16)7-12(14)13-9-18-15-11(13)3-2-6-17-15/h2-7,9H,1H3,(H,17,18). The minimum absolute atomic E-state index is 0.606. The summed E-state index contributed by atoms with van der Waals surface area (Å²) in [6.07, 6.45) is 3.63. The van der Waals surface area contributed by atoms with Crippen LogP contribution in [0, 0.1) is 11.3 Å². The van der Waals surface area contributed by atoms with Crippen LogP contribution >= 0.6 is 0 Å². The summed E-state index contributed by atoms with van der Waals surface area (Å²) in [4.78, 5) is 7.39. The molecule has 4 nitrogen and oxygen atoms in total. The molecule has 0 aliphatic rings. The Kier molecular flexibility index (Phi) is 2.66. The zero-order valence-corrected chi connectivity index (χ0v) is 10.3. The van der Waals surface area contributed by atoms with Crippen LogP contribution in [0.25, 0.3) is 22.2 Å². The molecule has 0 saturated carbocycles. The van der Waals surface area contributed by atoms with E-state index in [0.29, 0.717) is 5.56 Å². The molecule has 0 bridgehead atoms. The molecule has 3 rings (SSSR count). The van der Waals surface area contributed by atoms with Crippen molar-refractivity contribution in [3.05, 3.63) is 48.3 Å². The number of hydrogen-bond donors (Lipinski definition) is 1. The van der Waals surface area contributed by atoms with E-state index in [1.807, 2.05) is 30.5 Å². The number of nitriles is 1. The molecule has 0 saturated heterocycles. The largest absolute Gasteiger partial charge is 0.496 e. The van der Waals surface area contributed by atoms with Crippen molar-refractivity contribution in [2.45, 2.75) is 0 Å². The minimum atomic E-state index is 0.606. The number of methoxy groups -OCH3 is 1. The molecule has 0 aliphatic heterocycles. The number of rotatable bonds is 2. The van der Waals surface area contributed by atoms with E-state index in [1.165, 1.54) is 0 Å². The number of nitrogens with one attached hydrogen (secondary N) is 1. The number of nitrogens with zero attached hydrogens (tertiary/aromatic N) is 2. The van der Waals surface area contributed by atoms with Gasteiger partial charge in [-0.3, -0.25) is 0 Å². The molecule has 2 aromatic heterocycles. The SMILES string of the molecule is COc1ccc(C#N)cc1-c1c[nH]c2ncccc12. The van der Waals surface area contributed by atoms with Gasteiger partial charge in [0.05, 0.1) is 18.7 Å². The molecular formula is C15H11N3O. The second-order valence-corrected chi connectivity index (χ2v) is 4.13. The van der Waals surface area contributed by atoms with Gasteiger partial charge in [-0.2, -0.15) is 5.26 Å². The molecule has 1 aromatic carbocycles. The van der Waals surface area contributed by atoms with E-state index in [-0.39, 0.29) is 0 Å². The molecule has 19 heavy (non-hydrogen) atoms. The van der Waals surface area contributed by atoms with Gasteiger partial charge in [-0.25, -0.2) is 4.98 Å². The number of aromatic nitrogens is 2. The molecule has 0 aliphatic carbocycles. The molecule has 4 heteroatoms. The van der Waals surface area contributed by atoms with Crippen molar-refractivity contribution in [1.29, 1.82) is 5.26 Å². The molecule has 0 fully saturated rings. The highest BCUT2D eigenvalue weighted by Crippen LogP contribution is 2.35. The first-order valence-electron chi connectivity index (χ1n) is 5.84. The lowest BCUT2D eigenvalue weighted by Crippen LogP contribution is -1.88. The highest BCUT2D eigenvalue weighted by molar-refractivity contribution is 5.95. The highest BCUT2D eigenvalue weighted by Gasteiger charge is 2.12. The molecule has 0 radical (unpaired) electrons. The number of hydrogen-bond acceptors (Lipinski definition) is 3. The Balaban J connectivity index is 2.29. The van der Waals surface area contributed by atoms with Crippen molar-refractivity contribution in [1.82, 2.24) is 9.97 Å². The van der Waals surface area contributed by atoms with E-state index >= 15 is 0 Å². The van der Waals surface area contributed by atoms with Gasteiger partial charge in [0.2, 0.25) is 0 Å². The first-order valence-corrected chi connectivity index (χ1v) is 5.84. The lowest BCUT2D eigenvalue weighted by Gasteiger charge is -2.07. The van der Waals surface area contributed by atoms with Crippen LogP contribution in [-0.4, -0.2) is 17.1 Å². The van der Waals surface area contributed by atoms with E-state index in [1.54, 1.807) is 19.4 Å². The summed E-state index contributed by atoms with van der Waals surface area (Å²) in [5, 5.41) is 10.0. The van der Waals surface area contributed by atoms with Gasteiger partial charge in [0, 0.05) is 28.9 Å². The Labute approximate surface area is 110 Å². The van der Waals surface area contributed by atoms with Gasteiger partial charge in [0.15, 0.2) is 0 Å². The molecule has 2 heterocycles. The number of ether oxygens (including phenoxy) is 1. The van der Waals surface area contributed by atoms with E-state index in [2.05, 4.69) is 16.0 Å². The number of H-pyrrole nitrogens is 1. The van der Waals surface area contributed by atoms with Crippen molar-refractivity contribution in [2.24, 2.45) is 0 Å². The third-order valence-electron chi connectivity index (χ3n) is 3.07. The van der Waals surface area contributed by atoms with E-state index in [0.717, 1.165) is 27.9 Å². The fraction of sp³-hybridized carbons (Fsp3) is 0.0667. The lowest BCUT2D eigenvalue weighted by molar-refractivity contribution is 0.416. The van der Waals surface area contributed by atoms with Crippen molar-refractivity contribution in [3.8, 4) is 22.9 Å². The van der Waals surface area contributed by atoms with Crippen LogP contribution in [0.5, 0.6) is 5.75 Å². The van der Waals surface area contributed by atoms with Crippen molar-refractivity contribution in [2.75, 3.05) is 7.11 Å². The van der Waals surface area contributed by atoms with Gasteiger partial charge < -0.3 is 9.72 Å². The summed E-state index contributed by atoms with van der Waals surface area (Å²) >= 11 is 0. The average Bonchev–Trinajstić information content (AvgIpc) is 2.90. The second-order valence-electron chi connectivity index (χ2n) is 4.13. The van der Waals surface area contributed by atoms with E-state index < -0.39 is 0 Å². The van der Waals surface area contributed by atoms with Gasteiger partial charge in [0.1, 0.15) is 11.4 Å². The Morgan fingerprint density at radius 3 is 2.95 bits per heavy atom. The van der Waals surface area contributed by atoms with Crippen molar-refractivity contribution >= 4 is 11.0 Å². The Hall–Kier alpha value is -2.80. The van der Waals surface area contributed by atoms with Crippen molar-refractivity contribution < 1.29 is 4.74 Å². The summed E-state index contributed by atoms with van der Waals surface area (Å²) < 4.78 is 5.37. The lowest BCUT2D eigenvalue weighted by atomic mass is 10.0. The first-order chi connectivity index (χ1) is 9.33. The summed E-state index contributed by atoms with van der Waals surface area (Å²) in [7, 11) is 1.62.